The number of terminal acetylenes is 1. The van der Waals surface area contributed by atoms with Gasteiger partial charge in [-0.2, -0.15) is 0 Å². The molecule has 1 nitrogen and oxygen atoms in total. The molecule has 1 aliphatic rings. The van der Waals surface area contributed by atoms with Crippen LogP contribution >= 0.6 is 0 Å². The van der Waals surface area contributed by atoms with Crippen molar-refractivity contribution in [1.82, 2.24) is 5.32 Å². The number of nitrogens with one attached hydrogen (secondary N) is 1. The van der Waals surface area contributed by atoms with Crippen molar-refractivity contribution in [2.24, 2.45) is 0 Å². The first-order chi connectivity index (χ1) is 7.90. The van der Waals surface area contributed by atoms with Gasteiger partial charge in [-0.05, 0) is 42.9 Å². The highest BCUT2D eigenvalue weighted by Gasteiger charge is 2.22. The van der Waals surface area contributed by atoms with Crippen molar-refractivity contribution >= 4 is 0 Å². The Kier molecular flexibility index (Phi) is 4.02. The van der Waals surface area contributed by atoms with E-state index in [1.807, 2.05) is 0 Å². The van der Waals surface area contributed by atoms with Gasteiger partial charge in [-0.3, -0.25) is 0 Å². The molecule has 0 spiro atoms. The summed E-state index contributed by atoms with van der Waals surface area (Å²) in [6.45, 7) is 1.96. The van der Waals surface area contributed by atoms with Crippen molar-refractivity contribution in [3.05, 3.63) is 35.4 Å². The molecular weight excluding hydrogens is 194 g/mol. The lowest BCUT2D eigenvalue weighted by molar-refractivity contribution is 0.659. The summed E-state index contributed by atoms with van der Waals surface area (Å²) in [6.07, 6.45) is 9.89. The van der Waals surface area contributed by atoms with Crippen molar-refractivity contribution in [3.63, 3.8) is 0 Å². The van der Waals surface area contributed by atoms with Gasteiger partial charge in [0.15, 0.2) is 0 Å². The first-order valence-corrected chi connectivity index (χ1v) is 6.13. The Morgan fingerprint density at radius 2 is 2.00 bits per heavy atom. The van der Waals surface area contributed by atoms with Gasteiger partial charge in [0.1, 0.15) is 0 Å². The van der Waals surface area contributed by atoms with E-state index in [4.69, 9.17) is 6.42 Å². The maximum Gasteiger partial charge on any atom is 0.0205 e. The first kappa shape index (κ1) is 11.2. The summed E-state index contributed by atoms with van der Waals surface area (Å²) in [6, 6.07) is 9.02. The van der Waals surface area contributed by atoms with E-state index in [-0.39, 0.29) is 0 Å². The molecule has 1 aromatic carbocycles. The molecule has 1 aliphatic carbocycles. The summed E-state index contributed by atoms with van der Waals surface area (Å²) >= 11 is 0. The van der Waals surface area contributed by atoms with E-state index in [0.29, 0.717) is 0 Å². The van der Waals surface area contributed by atoms with Gasteiger partial charge < -0.3 is 5.32 Å². The summed E-state index contributed by atoms with van der Waals surface area (Å²) in [5, 5.41) is 3.41. The van der Waals surface area contributed by atoms with Crippen molar-refractivity contribution < 1.29 is 0 Å². The Morgan fingerprint density at radius 1 is 1.25 bits per heavy atom. The molecule has 0 saturated heterocycles. The SMILES string of the molecule is C#CCCCNCc1ccc(C2CC2)cc1. The molecule has 1 aromatic rings. The van der Waals surface area contributed by atoms with Crippen LogP contribution in [-0.4, -0.2) is 6.54 Å². The minimum Gasteiger partial charge on any atom is -0.313 e. The molecule has 1 saturated carbocycles. The van der Waals surface area contributed by atoms with Crippen LogP contribution in [0.4, 0.5) is 0 Å². The van der Waals surface area contributed by atoms with Crippen LogP contribution in [0.3, 0.4) is 0 Å². The molecule has 0 aliphatic heterocycles. The van der Waals surface area contributed by atoms with Crippen molar-refractivity contribution in [2.75, 3.05) is 6.54 Å². The lowest BCUT2D eigenvalue weighted by atomic mass is 10.1. The van der Waals surface area contributed by atoms with Gasteiger partial charge in [-0.15, -0.1) is 12.3 Å². The average Bonchev–Trinajstić information content (AvgIpc) is 3.14. The zero-order valence-corrected chi connectivity index (χ0v) is 9.71. The van der Waals surface area contributed by atoms with E-state index in [2.05, 4.69) is 35.5 Å². The zero-order chi connectivity index (χ0) is 11.2. The Morgan fingerprint density at radius 3 is 2.62 bits per heavy atom. The molecule has 0 amide bonds. The predicted molar refractivity (Wildman–Crippen MR) is 68.2 cm³/mol. The molecule has 16 heavy (non-hydrogen) atoms. The molecule has 1 fully saturated rings. The molecular formula is C15H19N. The number of hydrogen-bond acceptors (Lipinski definition) is 1. The highest BCUT2D eigenvalue weighted by Crippen LogP contribution is 2.39. The van der Waals surface area contributed by atoms with Crippen LogP contribution in [0, 0.1) is 12.3 Å². The van der Waals surface area contributed by atoms with E-state index in [1.54, 1.807) is 0 Å². The Hall–Kier alpha value is -1.26. The van der Waals surface area contributed by atoms with Gasteiger partial charge in [0.2, 0.25) is 0 Å². The standard InChI is InChI=1S/C15H19N/c1-2-3-4-11-16-12-13-5-7-14(8-6-13)15-9-10-15/h1,5-8,15-16H,3-4,9-12H2. The fourth-order valence-corrected chi connectivity index (χ4v) is 1.87. The number of hydrogen-bond donors (Lipinski definition) is 1. The van der Waals surface area contributed by atoms with Gasteiger partial charge >= 0.3 is 0 Å². The van der Waals surface area contributed by atoms with Crippen LogP contribution in [0.2, 0.25) is 0 Å². The molecule has 1 N–H and O–H groups in total. The molecule has 84 valence electrons. The van der Waals surface area contributed by atoms with Gasteiger partial charge in [0, 0.05) is 13.0 Å². The summed E-state index contributed by atoms with van der Waals surface area (Å²) in [4.78, 5) is 0. The highest BCUT2D eigenvalue weighted by atomic mass is 14.8. The van der Waals surface area contributed by atoms with E-state index in [0.717, 1.165) is 31.8 Å². The molecule has 0 heterocycles. The van der Waals surface area contributed by atoms with Crippen LogP contribution in [0.1, 0.15) is 42.7 Å². The largest absolute Gasteiger partial charge is 0.313 e. The van der Waals surface area contributed by atoms with E-state index < -0.39 is 0 Å². The van der Waals surface area contributed by atoms with Crippen LogP contribution < -0.4 is 5.32 Å². The molecule has 0 unspecified atom stereocenters. The highest BCUT2D eigenvalue weighted by molar-refractivity contribution is 5.27. The second-order valence-corrected chi connectivity index (χ2v) is 4.50. The summed E-state index contributed by atoms with van der Waals surface area (Å²) in [5.74, 6) is 3.51. The van der Waals surface area contributed by atoms with Gasteiger partial charge in [-0.1, -0.05) is 24.3 Å². The van der Waals surface area contributed by atoms with Gasteiger partial charge in [0.25, 0.3) is 0 Å². The Labute approximate surface area is 98.3 Å². The third-order valence-electron chi connectivity index (χ3n) is 3.03. The zero-order valence-electron chi connectivity index (χ0n) is 9.71. The third-order valence-corrected chi connectivity index (χ3v) is 3.03. The number of rotatable bonds is 6. The lowest BCUT2D eigenvalue weighted by Crippen LogP contribution is -2.14. The lowest BCUT2D eigenvalue weighted by Gasteiger charge is -2.05. The Balaban J connectivity index is 1.70. The Bertz CT molecular complexity index is 354. The second kappa shape index (κ2) is 5.72. The van der Waals surface area contributed by atoms with E-state index in [9.17, 15) is 0 Å². The fourth-order valence-electron chi connectivity index (χ4n) is 1.87. The van der Waals surface area contributed by atoms with E-state index >= 15 is 0 Å². The maximum absolute atomic E-state index is 5.19. The molecule has 2 rings (SSSR count). The maximum atomic E-state index is 5.19. The molecule has 0 atom stereocenters. The fraction of sp³-hybridized carbons (Fsp3) is 0.467. The molecule has 0 radical (unpaired) electrons. The first-order valence-electron chi connectivity index (χ1n) is 6.13. The number of benzene rings is 1. The second-order valence-electron chi connectivity index (χ2n) is 4.50. The normalized spacial score (nSPS) is 14.7. The van der Waals surface area contributed by atoms with Crippen LogP contribution in [0.5, 0.6) is 0 Å². The van der Waals surface area contributed by atoms with Crippen molar-refractivity contribution in [2.45, 2.75) is 38.1 Å². The summed E-state index contributed by atoms with van der Waals surface area (Å²) in [7, 11) is 0. The van der Waals surface area contributed by atoms with Crippen molar-refractivity contribution in [3.8, 4) is 12.3 Å². The summed E-state index contributed by atoms with van der Waals surface area (Å²) < 4.78 is 0. The van der Waals surface area contributed by atoms with Crippen LogP contribution in [0.25, 0.3) is 0 Å². The minimum absolute atomic E-state index is 0.859. The van der Waals surface area contributed by atoms with E-state index in [1.165, 1.54) is 24.0 Å². The van der Waals surface area contributed by atoms with Crippen LogP contribution in [-0.2, 0) is 6.54 Å². The number of unbranched alkanes of at least 4 members (excludes halogenated alkanes) is 1. The topological polar surface area (TPSA) is 12.0 Å². The minimum atomic E-state index is 0.859. The predicted octanol–water partition coefficient (Wildman–Crippen LogP) is 3.07. The molecule has 0 bridgehead atoms. The third kappa shape index (κ3) is 3.40. The average molecular weight is 213 g/mol. The molecule has 1 heteroatoms. The van der Waals surface area contributed by atoms with Gasteiger partial charge in [-0.25, -0.2) is 0 Å². The van der Waals surface area contributed by atoms with Gasteiger partial charge in [0.05, 0.1) is 0 Å². The van der Waals surface area contributed by atoms with Crippen LogP contribution in [0.15, 0.2) is 24.3 Å². The van der Waals surface area contributed by atoms with Crippen molar-refractivity contribution in [1.29, 1.82) is 0 Å². The molecule has 0 aromatic heterocycles. The quantitative estimate of drug-likeness (QED) is 0.565. The monoisotopic (exact) mass is 213 g/mol. The smallest absolute Gasteiger partial charge is 0.0205 e. The summed E-state index contributed by atoms with van der Waals surface area (Å²) in [5.41, 5.74) is 2.88.